The van der Waals surface area contributed by atoms with Gasteiger partial charge < -0.3 is 5.11 Å². The number of hydrogen-bond acceptors (Lipinski definition) is 3. The molecule has 0 saturated heterocycles. The molecule has 3 rings (SSSR count). The van der Waals surface area contributed by atoms with Crippen LogP contribution in [0, 0.1) is 20.8 Å². The van der Waals surface area contributed by atoms with E-state index in [1.54, 1.807) is 0 Å². The van der Waals surface area contributed by atoms with Crippen LogP contribution in [0.4, 0.5) is 0 Å². The Labute approximate surface area is 214 Å². The molecule has 0 aromatic heterocycles. The summed E-state index contributed by atoms with van der Waals surface area (Å²) >= 11 is 0. The van der Waals surface area contributed by atoms with Gasteiger partial charge in [-0.15, -0.1) is 0 Å². The normalized spacial score (nSPS) is 12.3. The van der Waals surface area contributed by atoms with E-state index in [4.69, 9.17) is 4.55 Å². The van der Waals surface area contributed by atoms with Crippen LogP contribution in [0.15, 0.2) is 75.4 Å². The van der Waals surface area contributed by atoms with E-state index in [1.165, 1.54) is 46.6 Å². The summed E-state index contributed by atoms with van der Waals surface area (Å²) in [7, 11) is -4.05. The SMILES string of the molecule is CC(C)(C)S(=O)(=O)O.Cc1c(C)c([S+](c2ccccc2)c2ccccc2)c(C)c(C(C)(C)C)c1O. The maximum atomic E-state index is 10.9. The van der Waals surface area contributed by atoms with Crippen LogP contribution in [0.25, 0.3) is 0 Å². The van der Waals surface area contributed by atoms with Gasteiger partial charge in [-0.1, -0.05) is 57.2 Å². The van der Waals surface area contributed by atoms with Gasteiger partial charge in [0, 0.05) is 16.7 Å². The van der Waals surface area contributed by atoms with Gasteiger partial charge in [-0.05, 0) is 76.8 Å². The molecule has 0 aliphatic carbocycles. The van der Waals surface area contributed by atoms with Crippen LogP contribution >= 0.6 is 0 Å². The van der Waals surface area contributed by atoms with Crippen LogP contribution in [0.3, 0.4) is 0 Å². The predicted molar refractivity (Wildman–Crippen MR) is 147 cm³/mol. The van der Waals surface area contributed by atoms with E-state index in [0.717, 1.165) is 11.1 Å². The topological polar surface area (TPSA) is 74.6 Å². The van der Waals surface area contributed by atoms with Crippen LogP contribution in [0.2, 0.25) is 0 Å². The predicted octanol–water partition coefficient (Wildman–Crippen LogP) is 7.38. The van der Waals surface area contributed by atoms with Crippen molar-refractivity contribution in [2.45, 2.75) is 87.2 Å². The molecule has 0 aliphatic rings. The fourth-order valence-electron chi connectivity index (χ4n) is 3.82. The molecular formula is C29H39O4S2+. The molecule has 3 aromatic rings. The summed E-state index contributed by atoms with van der Waals surface area (Å²) in [4.78, 5) is 3.95. The highest BCUT2D eigenvalue weighted by Crippen LogP contribution is 2.44. The van der Waals surface area contributed by atoms with Crippen LogP contribution in [0.1, 0.15) is 63.8 Å². The third-order valence-corrected chi connectivity index (χ3v) is 9.95. The highest BCUT2D eigenvalue weighted by molar-refractivity contribution is 7.97. The molecule has 0 saturated carbocycles. The molecule has 0 fully saturated rings. The van der Waals surface area contributed by atoms with E-state index in [9.17, 15) is 13.5 Å². The molecule has 2 N–H and O–H groups in total. The summed E-state index contributed by atoms with van der Waals surface area (Å²) < 4.78 is 27.7. The summed E-state index contributed by atoms with van der Waals surface area (Å²) in [5, 5.41) is 10.9. The standard InChI is InChI=1S/C25H28OS.C4H10O3S/c1-17-18(2)24(19(3)22(23(17)26)25(4,5)6)27(20-13-9-7-10-14-20)21-15-11-8-12-16-21;1-4(2,3)8(5,6)7/h7-16H,1-6H3;1-3H3,(H,5,6,7)/p+1. The van der Waals surface area contributed by atoms with E-state index in [2.05, 4.69) is 95.3 Å². The Morgan fingerprint density at radius 1 is 0.686 bits per heavy atom. The van der Waals surface area contributed by atoms with Gasteiger partial charge in [0.05, 0.1) is 15.6 Å². The molecule has 0 amide bonds. The minimum absolute atomic E-state index is 0.121. The molecule has 0 aliphatic heterocycles. The van der Waals surface area contributed by atoms with E-state index < -0.39 is 14.9 Å². The number of rotatable bonds is 3. The molecule has 0 unspecified atom stereocenters. The van der Waals surface area contributed by atoms with E-state index in [1.807, 2.05) is 6.92 Å². The van der Waals surface area contributed by atoms with E-state index >= 15 is 0 Å². The summed E-state index contributed by atoms with van der Waals surface area (Å²) in [5.74, 6) is 0.450. The molecule has 6 heteroatoms. The Balaban J connectivity index is 0.000000466. The maximum absolute atomic E-state index is 10.9. The second kappa shape index (κ2) is 10.8. The van der Waals surface area contributed by atoms with E-state index in [-0.39, 0.29) is 16.3 Å². The largest absolute Gasteiger partial charge is 0.507 e. The van der Waals surface area contributed by atoms with Gasteiger partial charge in [0.25, 0.3) is 10.1 Å². The molecular weight excluding hydrogens is 476 g/mol. The molecule has 4 nitrogen and oxygen atoms in total. The first kappa shape index (κ1) is 29.0. The van der Waals surface area contributed by atoms with Crippen molar-refractivity contribution in [2.75, 3.05) is 0 Å². The Hall–Kier alpha value is -2.28. The molecule has 0 atom stereocenters. The number of phenols is 1. The van der Waals surface area contributed by atoms with Gasteiger partial charge in [-0.3, -0.25) is 4.55 Å². The fraction of sp³-hybridized carbons (Fsp3) is 0.379. The van der Waals surface area contributed by atoms with Crippen molar-refractivity contribution < 1.29 is 18.1 Å². The average molecular weight is 516 g/mol. The van der Waals surface area contributed by atoms with Gasteiger partial charge in [0.15, 0.2) is 14.7 Å². The highest BCUT2D eigenvalue weighted by Gasteiger charge is 2.37. The molecule has 3 aromatic carbocycles. The first-order valence-electron chi connectivity index (χ1n) is 11.6. The lowest BCUT2D eigenvalue weighted by Crippen LogP contribution is -2.26. The third kappa shape index (κ3) is 6.69. The van der Waals surface area contributed by atoms with Crippen LogP contribution < -0.4 is 0 Å². The number of aromatic hydroxyl groups is 1. The molecule has 35 heavy (non-hydrogen) atoms. The summed E-state index contributed by atoms with van der Waals surface area (Å²) in [5.41, 5.74) is 4.33. The van der Waals surface area contributed by atoms with Gasteiger partial charge in [0.2, 0.25) is 0 Å². The van der Waals surface area contributed by atoms with Crippen LogP contribution in [-0.4, -0.2) is 22.8 Å². The van der Waals surface area contributed by atoms with Gasteiger partial charge >= 0.3 is 0 Å². The second-order valence-corrected chi connectivity index (χ2v) is 14.8. The Morgan fingerprint density at radius 2 is 1.06 bits per heavy atom. The lowest BCUT2D eigenvalue weighted by Gasteiger charge is -2.27. The minimum Gasteiger partial charge on any atom is -0.507 e. The highest BCUT2D eigenvalue weighted by atomic mass is 32.2. The smallest absolute Gasteiger partial charge is 0.269 e. The summed E-state index contributed by atoms with van der Waals surface area (Å²) in [6, 6.07) is 21.4. The zero-order valence-corrected chi connectivity index (χ0v) is 23.9. The minimum atomic E-state index is -3.84. The Kier molecular flexibility index (Phi) is 8.91. The van der Waals surface area contributed by atoms with Crippen LogP contribution in [-0.2, 0) is 26.4 Å². The van der Waals surface area contributed by atoms with E-state index in [0.29, 0.717) is 5.75 Å². The van der Waals surface area contributed by atoms with Crippen molar-refractivity contribution in [1.29, 1.82) is 0 Å². The lowest BCUT2D eigenvalue weighted by molar-refractivity contribution is 0.439. The summed E-state index contributed by atoms with van der Waals surface area (Å²) in [6.45, 7) is 17.2. The zero-order chi connectivity index (χ0) is 26.8. The molecule has 0 radical (unpaired) electrons. The average Bonchev–Trinajstić information content (AvgIpc) is 2.74. The molecule has 0 spiro atoms. The number of phenolic OH excluding ortho intramolecular Hbond substituents is 1. The summed E-state index contributed by atoms with van der Waals surface area (Å²) in [6.07, 6.45) is 0. The first-order valence-corrected chi connectivity index (χ1v) is 14.3. The second-order valence-electron chi connectivity index (χ2n) is 10.7. The Bertz CT molecular complexity index is 1210. The zero-order valence-electron chi connectivity index (χ0n) is 22.3. The molecule has 190 valence electrons. The van der Waals surface area contributed by atoms with Crippen molar-refractivity contribution >= 4 is 21.0 Å². The third-order valence-electron chi connectivity index (χ3n) is 5.90. The Morgan fingerprint density at radius 3 is 1.37 bits per heavy atom. The van der Waals surface area contributed by atoms with Crippen molar-refractivity contribution in [1.82, 2.24) is 0 Å². The van der Waals surface area contributed by atoms with Crippen molar-refractivity contribution in [3.05, 3.63) is 82.9 Å². The van der Waals surface area contributed by atoms with Crippen molar-refractivity contribution in [3.63, 3.8) is 0 Å². The van der Waals surface area contributed by atoms with Gasteiger partial charge in [0.1, 0.15) is 5.75 Å². The number of benzene rings is 3. The molecule has 0 bridgehead atoms. The van der Waals surface area contributed by atoms with Crippen molar-refractivity contribution in [2.24, 2.45) is 0 Å². The molecule has 0 heterocycles. The van der Waals surface area contributed by atoms with Gasteiger partial charge in [-0.2, -0.15) is 8.42 Å². The number of hydrogen-bond donors (Lipinski definition) is 2. The lowest BCUT2D eigenvalue weighted by atomic mass is 9.81. The van der Waals surface area contributed by atoms with Crippen LogP contribution in [0.5, 0.6) is 5.75 Å². The van der Waals surface area contributed by atoms with Gasteiger partial charge in [-0.25, -0.2) is 0 Å². The quantitative estimate of drug-likeness (QED) is 0.282. The first-order chi connectivity index (χ1) is 16.0. The monoisotopic (exact) mass is 515 g/mol. The maximum Gasteiger partial charge on any atom is 0.269 e. The van der Waals surface area contributed by atoms with Crippen molar-refractivity contribution in [3.8, 4) is 5.75 Å². The fourth-order valence-corrected chi connectivity index (χ4v) is 6.29.